The summed E-state index contributed by atoms with van der Waals surface area (Å²) in [5, 5.41) is 28.7. The van der Waals surface area contributed by atoms with Gasteiger partial charge in [0.25, 0.3) is 11.6 Å². The quantitative estimate of drug-likeness (QED) is 0.474. The lowest BCUT2D eigenvalue weighted by Gasteiger charge is -2.08. The minimum Gasteiger partial charge on any atom is -0.872 e. The molecule has 0 radical (unpaired) electrons. The van der Waals surface area contributed by atoms with Crippen LogP contribution in [0.3, 0.4) is 0 Å². The minimum atomic E-state index is -0.623. The van der Waals surface area contributed by atoms with Crippen molar-refractivity contribution in [1.29, 1.82) is 0 Å². The van der Waals surface area contributed by atoms with E-state index in [2.05, 4.69) is 15.8 Å². The van der Waals surface area contributed by atoms with Crippen molar-refractivity contribution in [3.63, 3.8) is 0 Å². The predicted molar refractivity (Wildman–Crippen MR) is 87.9 cm³/mol. The Morgan fingerprint density at radius 3 is 2.75 bits per heavy atom. The number of nitro benzene ring substituents is 1. The van der Waals surface area contributed by atoms with Crippen LogP contribution in [0.4, 0.5) is 11.4 Å². The predicted octanol–water partition coefficient (Wildman–Crippen LogP) is 1.54. The Kier molecular flexibility index (Phi) is 5.45. The van der Waals surface area contributed by atoms with Crippen molar-refractivity contribution in [3.05, 3.63) is 63.7 Å². The van der Waals surface area contributed by atoms with Gasteiger partial charge in [0.05, 0.1) is 23.2 Å². The van der Waals surface area contributed by atoms with Crippen LogP contribution in [0, 0.1) is 17.0 Å². The highest BCUT2D eigenvalue weighted by atomic mass is 16.6. The number of rotatable bonds is 6. The van der Waals surface area contributed by atoms with E-state index >= 15 is 0 Å². The third-order valence-corrected chi connectivity index (χ3v) is 3.17. The Morgan fingerprint density at radius 2 is 2.04 bits per heavy atom. The van der Waals surface area contributed by atoms with Gasteiger partial charge in [-0.25, -0.2) is 5.43 Å². The summed E-state index contributed by atoms with van der Waals surface area (Å²) in [6, 6.07) is 10.8. The molecule has 0 saturated heterocycles. The first-order valence-electron chi connectivity index (χ1n) is 7.04. The monoisotopic (exact) mass is 327 g/mol. The summed E-state index contributed by atoms with van der Waals surface area (Å²) in [7, 11) is 0. The second-order valence-electron chi connectivity index (χ2n) is 4.94. The number of para-hydroxylation sites is 1. The smallest absolute Gasteiger partial charge is 0.278 e. The van der Waals surface area contributed by atoms with Crippen molar-refractivity contribution in [2.45, 2.75) is 6.92 Å². The summed E-state index contributed by atoms with van der Waals surface area (Å²) in [6.07, 6.45) is 1.07. The summed E-state index contributed by atoms with van der Waals surface area (Å²) >= 11 is 0. The number of anilines is 1. The van der Waals surface area contributed by atoms with Gasteiger partial charge in [-0.2, -0.15) is 5.10 Å². The maximum atomic E-state index is 11.7. The van der Waals surface area contributed by atoms with E-state index in [0.29, 0.717) is 0 Å². The molecular formula is C16H15N4O4-. The second kappa shape index (κ2) is 7.73. The van der Waals surface area contributed by atoms with E-state index in [1.807, 2.05) is 31.2 Å². The lowest BCUT2D eigenvalue weighted by atomic mass is 10.2. The van der Waals surface area contributed by atoms with E-state index in [1.54, 1.807) is 0 Å². The number of nitro groups is 1. The van der Waals surface area contributed by atoms with Gasteiger partial charge in [-0.3, -0.25) is 14.9 Å². The van der Waals surface area contributed by atoms with Crippen LogP contribution in [0.5, 0.6) is 5.75 Å². The molecule has 0 bridgehead atoms. The lowest BCUT2D eigenvalue weighted by molar-refractivity contribution is -0.385. The van der Waals surface area contributed by atoms with Gasteiger partial charge in [0.15, 0.2) is 0 Å². The third-order valence-electron chi connectivity index (χ3n) is 3.17. The molecule has 8 heteroatoms. The zero-order chi connectivity index (χ0) is 17.5. The molecule has 2 rings (SSSR count). The third kappa shape index (κ3) is 4.54. The fraction of sp³-hybridized carbons (Fsp3) is 0.125. The molecule has 1 amide bonds. The number of nitrogens with zero attached hydrogens (tertiary/aromatic N) is 2. The number of nitrogens with one attached hydrogen (secondary N) is 2. The number of hydrogen-bond donors (Lipinski definition) is 2. The zero-order valence-corrected chi connectivity index (χ0v) is 12.9. The Labute approximate surface area is 138 Å². The Hall–Kier alpha value is -3.42. The van der Waals surface area contributed by atoms with Gasteiger partial charge < -0.3 is 10.4 Å². The Balaban J connectivity index is 1.94. The maximum Gasteiger partial charge on any atom is 0.278 e. The molecule has 2 aromatic rings. The molecule has 8 nitrogen and oxygen atoms in total. The molecule has 0 atom stereocenters. The summed E-state index contributed by atoms with van der Waals surface area (Å²) in [6.45, 7) is 1.90. The summed E-state index contributed by atoms with van der Waals surface area (Å²) in [5.41, 5.74) is 3.84. The first kappa shape index (κ1) is 16.9. The molecule has 0 spiro atoms. The SMILES string of the molecule is Cc1ccccc1NCC(=O)NN=Cc1cc([O-])ccc1[N+](=O)[O-]. The van der Waals surface area contributed by atoms with Crippen LogP contribution >= 0.6 is 0 Å². The van der Waals surface area contributed by atoms with E-state index in [1.165, 1.54) is 0 Å². The van der Waals surface area contributed by atoms with Crippen molar-refractivity contribution in [3.8, 4) is 5.75 Å². The summed E-state index contributed by atoms with van der Waals surface area (Å²) in [4.78, 5) is 22.0. The van der Waals surface area contributed by atoms with Gasteiger partial charge in [0.1, 0.15) is 0 Å². The van der Waals surface area contributed by atoms with E-state index in [0.717, 1.165) is 35.7 Å². The number of aryl methyl sites for hydroxylation is 1. The molecule has 0 saturated carbocycles. The van der Waals surface area contributed by atoms with E-state index < -0.39 is 10.8 Å². The molecule has 0 fully saturated rings. The van der Waals surface area contributed by atoms with Gasteiger partial charge in [0, 0.05) is 11.8 Å². The van der Waals surface area contributed by atoms with Crippen molar-refractivity contribution in [1.82, 2.24) is 5.43 Å². The largest absolute Gasteiger partial charge is 0.872 e. The number of carbonyl (C=O) groups is 1. The lowest BCUT2D eigenvalue weighted by Crippen LogP contribution is -2.26. The van der Waals surface area contributed by atoms with E-state index in [9.17, 15) is 20.0 Å². The first-order valence-corrected chi connectivity index (χ1v) is 7.04. The summed E-state index contributed by atoms with van der Waals surface area (Å²) in [5.74, 6) is -0.801. The van der Waals surface area contributed by atoms with Crippen molar-refractivity contribution in [2.24, 2.45) is 5.10 Å². The van der Waals surface area contributed by atoms with Gasteiger partial charge >= 0.3 is 0 Å². The molecule has 124 valence electrons. The molecule has 0 aliphatic heterocycles. The number of benzene rings is 2. The van der Waals surface area contributed by atoms with Crippen LogP contribution < -0.4 is 15.8 Å². The molecule has 0 unspecified atom stereocenters. The maximum absolute atomic E-state index is 11.7. The Morgan fingerprint density at radius 1 is 1.29 bits per heavy atom. The molecular weight excluding hydrogens is 312 g/mol. The molecule has 2 aromatic carbocycles. The van der Waals surface area contributed by atoms with E-state index in [4.69, 9.17) is 0 Å². The molecule has 0 aliphatic rings. The Bertz CT molecular complexity index is 789. The average Bonchev–Trinajstić information content (AvgIpc) is 2.54. The van der Waals surface area contributed by atoms with E-state index in [-0.39, 0.29) is 23.5 Å². The summed E-state index contributed by atoms with van der Waals surface area (Å²) < 4.78 is 0. The molecule has 0 heterocycles. The van der Waals surface area contributed by atoms with Crippen LogP contribution in [0.2, 0.25) is 0 Å². The average molecular weight is 327 g/mol. The zero-order valence-electron chi connectivity index (χ0n) is 12.9. The van der Waals surface area contributed by atoms with Crippen LogP contribution in [-0.2, 0) is 4.79 Å². The number of hydrazone groups is 1. The standard InChI is InChI=1S/C16H16N4O4/c1-11-4-2-3-5-14(11)17-10-16(22)19-18-9-12-8-13(21)6-7-15(12)20(23)24/h2-9,17,21H,10H2,1H3,(H,19,22)/p-1. The number of hydrogen-bond acceptors (Lipinski definition) is 6. The van der Waals surface area contributed by atoms with Gasteiger partial charge in [-0.1, -0.05) is 30.3 Å². The first-order chi connectivity index (χ1) is 11.5. The topological polar surface area (TPSA) is 120 Å². The number of amides is 1. The van der Waals surface area contributed by atoms with Gasteiger partial charge in [-0.15, -0.1) is 5.75 Å². The van der Waals surface area contributed by atoms with Crippen molar-refractivity contribution >= 4 is 23.5 Å². The minimum absolute atomic E-state index is 0.00805. The number of carbonyl (C=O) groups excluding carboxylic acids is 1. The second-order valence-corrected chi connectivity index (χ2v) is 4.94. The van der Waals surface area contributed by atoms with Crippen molar-refractivity contribution in [2.75, 3.05) is 11.9 Å². The van der Waals surface area contributed by atoms with Crippen molar-refractivity contribution < 1.29 is 14.8 Å². The molecule has 0 aromatic heterocycles. The van der Waals surface area contributed by atoms with Gasteiger partial charge in [0.2, 0.25) is 0 Å². The highest BCUT2D eigenvalue weighted by molar-refractivity contribution is 5.88. The fourth-order valence-corrected chi connectivity index (χ4v) is 1.96. The highest BCUT2D eigenvalue weighted by Crippen LogP contribution is 2.20. The molecule has 24 heavy (non-hydrogen) atoms. The van der Waals surface area contributed by atoms with Crippen LogP contribution in [0.25, 0.3) is 0 Å². The van der Waals surface area contributed by atoms with Crippen LogP contribution in [0.15, 0.2) is 47.6 Å². The normalized spacial score (nSPS) is 10.5. The van der Waals surface area contributed by atoms with Crippen LogP contribution in [0.1, 0.15) is 11.1 Å². The fourth-order valence-electron chi connectivity index (χ4n) is 1.96. The highest BCUT2D eigenvalue weighted by Gasteiger charge is 2.10. The van der Waals surface area contributed by atoms with Gasteiger partial charge in [-0.05, 0) is 18.6 Å². The van der Waals surface area contributed by atoms with Crippen LogP contribution in [-0.4, -0.2) is 23.6 Å². The molecule has 0 aliphatic carbocycles. The molecule has 2 N–H and O–H groups in total.